The molecule has 0 radical (unpaired) electrons. The van der Waals surface area contributed by atoms with E-state index in [0.29, 0.717) is 11.6 Å². The fourth-order valence-electron chi connectivity index (χ4n) is 1.82. The van der Waals surface area contributed by atoms with Crippen molar-refractivity contribution in [3.05, 3.63) is 24.1 Å². The van der Waals surface area contributed by atoms with Crippen LogP contribution in [0.25, 0.3) is 11.1 Å². The number of oxazole rings is 1. The minimum Gasteiger partial charge on any atom is -0.440 e. The average Bonchev–Trinajstić information content (AvgIpc) is 3.08. The summed E-state index contributed by atoms with van der Waals surface area (Å²) in [6.07, 6.45) is 2.30. The maximum Gasteiger partial charge on any atom is 0.243 e. The summed E-state index contributed by atoms with van der Waals surface area (Å²) in [7, 11) is 0. The molecule has 2 aromatic rings. The number of aromatic nitrogens is 1. The Bertz CT molecular complexity index is 636. The highest BCUT2D eigenvalue weighted by Gasteiger charge is 2.29. The SMILES string of the molecule is CC(C)(N)C(=O)Nc1ccc2oc(C3CC3)nc2c1. The Morgan fingerprint density at radius 2 is 2.21 bits per heavy atom. The van der Waals surface area contributed by atoms with Crippen molar-refractivity contribution in [3.63, 3.8) is 0 Å². The maximum absolute atomic E-state index is 11.8. The second-order valence-corrected chi connectivity index (χ2v) is 5.68. The van der Waals surface area contributed by atoms with Crippen molar-refractivity contribution in [1.82, 2.24) is 4.98 Å². The number of hydrogen-bond acceptors (Lipinski definition) is 4. The number of nitrogens with one attached hydrogen (secondary N) is 1. The molecule has 1 aromatic heterocycles. The first-order valence-electron chi connectivity index (χ1n) is 6.44. The van der Waals surface area contributed by atoms with Gasteiger partial charge in [-0.15, -0.1) is 0 Å². The molecule has 3 N–H and O–H groups in total. The average molecular weight is 259 g/mol. The molecule has 0 saturated heterocycles. The van der Waals surface area contributed by atoms with Crippen LogP contribution in [-0.4, -0.2) is 16.4 Å². The van der Waals surface area contributed by atoms with Gasteiger partial charge in [0.1, 0.15) is 5.52 Å². The van der Waals surface area contributed by atoms with Gasteiger partial charge in [0.15, 0.2) is 11.5 Å². The van der Waals surface area contributed by atoms with Crippen molar-refractivity contribution in [2.45, 2.75) is 38.1 Å². The zero-order chi connectivity index (χ0) is 13.6. The fourth-order valence-corrected chi connectivity index (χ4v) is 1.82. The molecular formula is C14H17N3O2. The lowest BCUT2D eigenvalue weighted by Gasteiger charge is -2.17. The Labute approximate surface area is 111 Å². The van der Waals surface area contributed by atoms with Gasteiger partial charge in [-0.1, -0.05) is 0 Å². The molecule has 1 aliphatic carbocycles. The quantitative estimate of drug-likeness (QED) is 0.886. The number of carbonyl (C=O) groups is 1. The molecule has 1 amide bonds. The number of nitrogens with zero attached hydrogens (tertiary/aromatic N) is 1. The molecule has 19 heavy (non-hydrogen) atoms. The predicted octanol–water partition coefficient (Wildman–Crippen LogP) is 2.38. The van der Waals surface area contributed by atoms with Crippen LogP contribution in [0.4, 0.5) is 5.69 Å². The van der Waals surface area contributed by atoms with Gasteiger partial charge in [-0.3, -0.25) is 4.79 Å². The molecule has 3 rings (SSSR count). The Kier molecular flexibility index (Phi) is 2.60. The Hall–Kier alpha value is -1.88. The van der Waals surface area contributed by atoms with E-state index in [4.69, 9.17) is 10.2 Å². The molecule has 1 heterocycles. The van der Waals surface area contributed by atoms with Crippen LogP contribution >= 0.6 is 0 Å². The van der Waals surface area contributed by atoms with E-state index in [9.17, 15) is 4.79 Å². The van der Waals surface area contributed by atoms with Gasteiger partial charge >= 0.3 is 0 Å². The van der Waals surface area contributed by atoms with E-state index in [-0.39, 0.29) is 5.91 Å². The number of rotatable bonds is 3. The van der Waals surface area contributed by atoms with Crippen LogP contribution in [0.5, 0.6) is 0 Å². The first-order valence-corrected chi connectivity index (χ1v) is 6.44. The minimum absolute atomic E-state index is 0.224. The summed E-state index contributed by atoms with van der Waals surface area (Å²) in [4.78, 5) is 16.3. The zero-order valence-electron chi connectivity index (χ0n) is 11.1. The summed E-state index contributed by atoms with van der Waals surface area (Å²) in [5.41, 5.74) is 7.06. The lowest BCUT2D eigenvalue weighted by molar-refractivity contribution is -0.120. The van der Waals surface area contributed by atoms with Gasteiger partial charge in [-0.2, -0.15) is 0 Å². The Balaban J connectivity index is 1.86. The van der Waals surface area contributed by atoms with Crippen molar-refractivity contribution in [2.75, 3.05) is 5.32 Å². The molecular weight excluding hydrogens is 242 g/mol. The lowest BCUT2D eigenvalue weighted by atomic mass is 10.1. The number of nitrogens with two attached hydrogens (primary N) is 1. The third-order valence-electron chi connectivity index (χ3n) is 3.17. The van der Waals surface area contributed by atoms with Crippen LogP contribution in [0.3, 0.4) is 0 Å². The van der Waals surface area contributed by atoms with E-state index in [1.807, 2.05) is 12.1 Å². The summed E-state index contributed by atoms with van der Waals surface area (Å²) in [6, 6.07) is 5.44. The highest BCUT2D eigenvalue weighted by atomic mass is 16.3. The monoisotopic (exact) mass is 259 g/mol. The van der Waals surface area contributed by atoms with Gasteiger partial charge < -0.3 is 15.5 Å². The molecule has 5 nitrogen and oxygen atoms in total. The molecule has 0 unspecified atom stereocenters. The van der Waals surface area contributed by atoms with Crippen LogP contribution in [0.15, 0.2) is 22.6 Å². The summed E-state index contributed by atoms with van der Waals surface area (Å²) in [5, 5.41) is 2.78. The van der Waals surface area contributed by atoms with Gasteiger partial charge in [0.05, 0.1) is 5.54 Å². The number of anilines is 1. The van der Waals surface area contributed by atoms with Crippen LogP contribution < -0.4 is 11.1 Å². The molecule has 1 saturated carbocycles. The minimum atomic E-state index is -0.905. The summed E-state index contributed by atoms with van der Waals surface area (Å²) < 4.78 is 5.67. The predicted molar refractivity (Wildman–Crippen MR) is 72.9 cm³/mol. The van der Waals surface area contributed by atoms with E-state index in [1.54, 1.807) is 19.9 Å². The number of carbonyl (C=O) groups excluding carboxylic acids is 1. The van der Waals surface area contributed by atoms with E-state index in [1.165, 1.54) is 0 Å². The second-order valence-electron chi connectivity index (χ2n) is 5.68. The molecule has 0 spiro atoms. The van der Waals surface area contributed by atoms with E-state index < -0.39 is 5.54 Å². The highest BCUT2D eigenvalue weighted by molar-refractivity contribution is 5.98. The van der Waals surface area contributed by atoms with Crippen LogP contribution in [-0.2, 0) is 4.79 Å². The van der Waals surface area contributed by atoms with Gasteiger partial charge in [0.2, 0.25) is 5.91 Å². The van der Waals surface area contributed by atoms with Gasteiger partial charge in [0.25, 0.3) is 0 Å². The molecule has 1 aliphatic rings. The van der Waals surface area contributed by atoms with Crippen LogP contribution in [0.1, 0.15) is 38.5 Å². The second kappa shape index (κ2) is 4.06. The Morgan fingerprint density at radius 1 is 1.47 bits per heavy atom. The van der Waals surface area contributed by atoms with Crippen molar-refractivity contribution in [2.24, 2.45) is 5.73 Å². The third-order valence-corrected chi connectivity index (χ3v) is 3.17. The molecule has 0 bridgehead atoms. The van der Waals surface area contributed by atoms with Crippen LogP contribution in [0.2, 0.25) is 0 Å². The third kappa shape index (κ3) is 2.46. The standard InChI is InChI=1S/C14H17N3O2/c1-14(2,15)13(18)16-9-5-6-11-10(7-9)17-12(19-11)8-3-4-8/h5-8H,3-4,15H2,1-2H3,(H,16,18). The Morgan fingerprint density at radius 3 is 2.84 bits per heavy atom. The van der Waals surface area contributed by atoms with E-state index in [0.717, 1.165) is 29.8 Å². The largest absolute Gasteiger partial charge is 0.440 e. The highest BCUT2D eigenvalue weighted by Crippen LogP contribution is 2.40. The van der Waals surface area contributed by atoms with Crippen molar-refractivity contribution >= 4 is 22.7 Å². The zero-order valence-corrected chi connectivity index (χ0v) is 11.1. The number of hydrogen-bond donors (Lipinski definition) is 2. The summed E-state index contributed by atoms with van der Waals surface area (Å²) in [5.74, 6) is 1.06. The smallest absolute Gasteiger partial charge is 0.243 e. The molecule has 1 aromatic carbocycles. The van der Waals surface area contributed by atoms with Gasteiger partial charge in [-0.05, 0) is 44.9 Å². The van der Waals surface area contributed by atoms with Gasteiger partial charge in [-0.25, -0.2) is 4.98 Å². The topological polar surface area (TPSA) is 81.2 Å². The molecule has 1 fully saturated rings. The molecule has 100 valence electrons. The van der Waals surface area contributed by atoms with Crippen molar-refractivity contribution in [3.8, 4) is 0 Å². The first kappa shape index (κ1) is 12.2. The van der Waals surface area contributed by atoms with E-state index >= 15 is 0 Å². The van der Waals surface area contributed by atoms with Gasteiger partial charge in [0, 0.05) is 11.6 Å². The molecule has 0 aliphatic heterocycles. The first-order chi connectivity index (χ1) is 8.93. The van der Waals surface area contributed by atoms with Crippen LogP contribution in [0, 0.1) is 0 Å². The van der Waals surface area contributed by atoms with Crippen molar-refractivity contribution in [1.29, 1.82) is 0 Å². The molecule has 5 heteroatoms. The summed E-state index contributed by atoms with van der Waals surface area (Å²) >= 11 is 0. The number of benzene rings is 1. The number of amides is 1. The maximum atomic E-state index is 11.8. The normalized spacial score (nSPS) is 15.7. The fraction of sp³-hybridized carbons (Fsp3) is 0.429. The summed E-state index contributed by atoms with van der Waals surface area (Å²) in [6.45, 7) is 3.34. The molecule has 0 atom stereocenters. The lowest BCUT2D eigenvalue weighted by Crippen LogP contribution is -2.45. The number of fused-ring (bicyclic) bond motifs is 1. The van der Waals surface area contributed by atoms with E-state index in [2.05, 4.69) is 10.3 Å². The van der Waals surface area contributed by atoms with Crippen molar-refractivity contribution < 1.29 is 9.21 Å².